The minimum absolute atomic E-state index is 0.137. The standard InChI is InChI=1S/C19H15BrN4O2S/c1-11(25)23-15-9-4-3-8-14(15)16-17(26)21-19(27-2)22-24(16)18(23)12-6-5-7-13(20)10-12/h3-10,18H,1-2H3. The van der Waals surface area contributed by atoms with Crippen LogP contribution in [0.15, 0.2) is 58.2 Å². The highest BCUT2D eigenvalue weighted by Gasteiger charge is 2.43. The number of aromatic nitrogens is 3. The van der Waals surface area contributed by atoms with Crippen LogP contribution in [0.3, 0.4) is 0 Å². The molecule has 0 aliphatic carbocycles. The Morgan fingerprint density at radius 3 is 2.74 bits per heavy atom. The summed E-state index contributed by atoms with van der Waals surface area (Å²) in [7, 11) is 0. The molecule has 1 amide bonds. The maximum atomic E-state index is 12.8. The lowest BCUT2D eigenvalue weighted by Crippen LogP contribution is -2.58. The highest BCUT2D eigenvalue weighted by Crippen LogP contribution is 2.40. The van der Waals surface area contributed by atoms with Gasteiger partial charge in [0.1, 0.15) is 0 Å². The SMILES string of the molecule is CSc1nc([O-])c2[n+](n1)C(c1cccc(Br)c1)N(C(C)=O)c1ccccc1-2. The summed E-state index contributed by atoms with van der Waals surface area (Å²) >= 11 is 4.78. The number of para-hydroxylation sites is 1. The smallest absolute Gasteiger partial charge is 0.293 e. The number of benzene rings is 2. The summed E-state index contributed by atoms with van der Waals surface area (Å²) in [5.74, 6) is -0.493. The second kappa shape index (κ2) is 6.94. The molecule has 1 atom stereocenters. The molecule has 1 unspecified atom stereocenters. The van der Waals surface area contributed by atoms with Crippen molar-refractivity contribution in [1.82, 2.24) is 10.1 Å². The zero-order chi connectivity index (χ0) is 19.1. The zero-order valence-corrected chi connectivity index (χ0v) is 17.0. The van der Waals surface area contributed by atoms with Crippen molar-refractivity contribution in [3.05, 3.63) is 58.6 Å². The molecule has 0 bridgehead atoms. The molecular formula is C19H15BrN4O2S. The first-order chi connectivity index (χ1) is 13.0. The average Bonchev–Trinajstić information content (AvgIpc) is 2.66. The number of carbonyl (C=O) groups is 1. The van der Waals surface area contributed by atoms with Crippen LogP contribution in [0.4, 0.5) is 5.69 Å². The summed E-state index contributed by atoms with van der Waals surface area (Å²) < 4.78 is 2.50. The molecule has 0 saturated heterocycles. The highest BCUT2D eigenvalue weighted by atomic mass is 79.9. The molecule has 0 spiro atoms. The van der Waals surface area contributed by atoms with Gasteiger partial charge in [-0.15, -0.1) is 0 Å². The third-order valence-corrected chi connectivity index (χ3v) is 5.42. The highest BCUT2D eigenvalue weighted by molar-refractivity contribution is 9.10. The molecule has 8 heteroatoms. The molecule has 0 saturated carbocycles. The topological polar surface area (TPSA) is 73.0 Å². The number of hydrogen-bond acceptors (Lipinski definition) is 5. The van der Waals surface area contributed by atoms with Crippen LogP contribution in [0, 0.1) is 0 Å². The second-order valence-electron chi connectivity index (χ2n) is 6.03. The molecule has 1 aliphatic heterocycles. The Labute approximate surface area is 169 Å². The monoisotopic (exact) mass is 442 g/mol. The number of fused-ring (bicyclic) bond motifs is 3. The van der Waals surface area contributed by atoms with E-state index in [9.17, 15) is 9.90 Å². The lowest BCUT2D eigenvalue weighted by atomic mass is 10.0. The Hall–Kier alpha value is -2.45. The van der Waals surface area contributed by atoms with Crippen molar-refractivity contribution in [2.24, 2.45) is 0 Å². The zero-order valence-electron chi connectivity index (χ0n) is 14.6. The van der Waals surface area contributed by atoms with Gasteiger partial charge in [0.2, 0.25) is 5.91 Å². The molecular weight excluding hydrogens is 428 g/mol. The maximum absolute atomic E-state index is 12.8. The first-order valence-corrected chi connectivity index (χ1v) is 10.2. The van der Waals surface area contributed by atoms with E-state index >= 15 is 0 Å². The number of halogens is 1. The predicted octanol–water partition coefficient (Wildman–Crippen LogP) is 2.90. The van der Waals surface area contributed by atoms with E-state index in [1.54, 1.807) is 9.58 Å². The lowest BCUT2D eigenvalue weighted by molar-refractivity contribution is -0.764. The van der Waals surface area contributed by atoms with Crippen LogP contribution in [0.1, 0.15) is 18.7 Å². The number of carbonyl (C=O) groups excluding carboxylic acids is 1. The first-order valence-electron chi connectivity index (χ1n) is 8.21. The van der Waals surface area contributed by atoms with Gasteiger partial charge in [-0.05, 0) is 30.5 Å². The fourth-order valence-electron chi connectivity index (χ4n) is 3.33. The number of thioether (sulfide) groups is 1. The first kappa shape index (κ1) is 17.9. The molecule has 1 aromatic heterocycles. The van der Waals surface area contributed by atoms with Crippen LogP contribution in [0.2, 0.25) is 0 Å². The summed E-state index contributed by atoms with van der Waals surface area (Å²) in [4.78, 5) is 18.4. The van der Waals surface area contributed by atoms with Gasteiger partial charge in [-0.1, -0.05) is 56.6 Å². The lowest BCUT2D eigenvalue weighted by Gasteiger charge is -2.32. The molecule has 136 valence electrons. The van der Waals surface area contributed by atoms with Crippen molar-refractivity contribution in [2.45, 2.75) is 18.2 Å². The van der Waals surface area contributed by atoms with E-state index in [-0.39, 0.29) is 11.8 Å². The molecule has 1 aliphatic rings. The van der Waals surface area contributed by atoms with Gasteiger partial charge in [0, 0.05) is 22.1 Å². The van der Waals surface area contributed by atoms with Crippen molar-refractivity contribution in [3.8, 4) is 17.1 Å². The van der Waals surface area contributed by atoms with E-state index in [1.165, 1.54) is 18.7 Å². The van der Waals surface area contributed by atoms with Crippen molar-refractivity contribution in [3.63, 3.8) is 0 Å². The van der Waals surface area contributed by atoms with E-state index in [4.69, 9.17) is 0 Å². The maximum Gasteiger partial charge on any atom is 0.293 e. The molecule has 0 fully saturated rings. The van der Waals surface area contributed by atoms with Crippen LogP contribution in [0.25, 0.3) is 11.3 Å². The van der Waals surface area contributed by atoms with E-state index < -0.39 is 6.17 Å². The Balaban J connectivity index is 2.09. The number of anilines is 1. The summed E-state index contributed by atoms with van der Waals surface area (Å²) in [6.07, 6.45) is 1.24. The van der Waals surface area contributed by atoms with Crippen LogP contribution >= 0.6 is 27.7 Å². The average molecular weight is 443 g/mol. The number of hydrogen-bond donors (Lipinski definition) is 0. The van der Waals surface area contributed by atoms with Crippen molar-refractivity contribution >= 4 is 39.3 Å². The van der Waals surface area contributed by atoms with E-state index in [1.807, 2.05) is 54.8 Å². The van der Waals surface area contributed by atoms with Crippen LogP contribution in [-0.2, 0) is 4.79 Å². The molecule has 6 nitrogen and oxygen atoms in total. The van der Waals surface area contributed by atoms with Crippen molar-refractivity contribution in [1.29, 1.82) is 0 Å². The molecule has 27 heavy (non-hydrogen) atoms. The van der Waals surface area contributed by atoms with Crippen LogP contribution in [0.5, 0.6) is 5.88 Å². The Bertz CT molecular complexity index is 1060. The Morgan fingerprint density at radius 1 is 1.26 bits per heavy atom. The van der Waals surface area contributed by atoms with Gasteiger partial charge in [-0.3, -0.25) is 4.79 Å². The largest absolute Gasteiger partial charge is 0.854 e. The van der Waals surface area contributed by atoms with Crippen molar-refractivity contribution < 1.29 is 14.6 Å². The number of rotatable bonds is 2. The quantitative estimate of drug-likeness (QED) is 0.450. The minimum Gasteiger partial charge on any atom is -0.854 e. The molecule has 2 aromatic carbocycles. The van der Waals surface area contributed by atoms with Gasteiger partial charge in [0.05, 0.1) is 17.1 Å². The third-order valence-electron chi connectivity index (χ3n) is 4.39. The van der Waals surface area contributed by atoms with Crippen LogP contribution in [-0.4, -0.2) is 22.2 Å². The Kier molecular flexibility index (Phi) is 4.61. The number of amides is 1. The molecule has 0 N–H and O–H groups in total. The van der Waals surface area contributed by atoms with Crippen molar-refractivity contribution in [2.75, 3.05) is 11.2 Å². The molecule has 4 rings (SSSR count). The molecule has 2 heterocycles. The van der Waals surface area contributed by atoms with Gasteiger partial charge in [0.15, 0.2) is 0 Å². The van der Waals surface area contributed by atoms with Gasteiger partial charge in [-0.25, -0.2) is 9.88 Å². The van der Waals surface area contributed by atoms with Gasteiger partial charge in [-0.2, -0.15) is 0 Å². The molecule has 0 radical (unpaired) electrons. The fraction of sp³-hybridized carbons (Fsp3) is 0.158. The Morgan fingerprint density at radius 2 is 2.04 bits per heavy atom. The van der Waals surface area contributed by atoms with E-state index in [0.717, 1.165) is 10.0 Å². The van der Waals surface area contributed by atoms with E-state index in [2.05, 4.69) is 26.0 Å². The minimum atomic E-state index is -0.577. The summed E-state index contributed by atoms with van der Waals surface area (Å²) in [6.45, 7) is 1.52. The van der Waals surface area contributed by atoms with Crippen LogP contribution < -0.4 is 14.7 Å². The summed E-state index contributed by atoms with van der Waals surface area (Å²) in [6, 6.07) is 15.0. The number of nitrogens with zero attached hydrogens (tertiary/aromatic N) is 4. The molecule has 3 aromatic rings. The normalized spacial score (nSPS) is 15.2. The van der Waals surface area contributed by atoms with Gasteiger partial charge in [0.25, 0.3) is 17.0 Å². The van der Waals surface area contributed by atoms with Gasteiger partial charge < -0.3 is 5.11 Å². The second-order valence-corrected chi connectivity index (χ2v) is 7.72. The summed E-state index contributed by atoms with van der Waals surface area (Å²) in [5, 5.41) is 17.8. The summed E-state index contributed by atoms with van der Waals surface area (Å²) in [5.41, 5.74) is 2.54. The third kappa shape index (κ3) is 2.98. The predicted molar refractivity (Wildman–Crippen MR) is 104 cm³/mol. The van der Waals surface area contributed by atoms with Gasteiger partial charge >= 0.3 is 0 Å². The van der Waals surface area contributed by atoms with E-state index in [0.29, 0.717) is 22.1 Å². The fourth-order valence-corrected chi connectivity index (χ4v) is 4.09.